The van der Waals surface area contributed by atoms with Gasteiger partial charge in [-0.3, -0.25) is 19.3 Å². The zero-order valence-corrected chi connectivity index (χ0v) is 18.2. The van der Waals surface area contributed by atoms with Gasteiger partial charge in [-0.1, -0.05) is 55.5 Å². The standard InChI is InChI=1S/C21H24N2O4S2/c1-3-12-22-15-10-7-6-9-14(15)17(19(22)25)18-20(26)23(21(28)29-18)13-8-4-5-11-16(24)27-2/h6-7,9-10H,3-5,8,11-13H2,1-2H3/b18-17-. The van der Waals surface area contributed by atoms with E-state index in [4.69, 9.17) is 12.2 Å². The number of rotatable bonds is 8. The smallest absolute Gasteiger partial charge is 0.305 e. The van der Waals surface area contributed by atoms with Crippen LogP contribution in [-0.2, 0) is 19.1 Å². The number of anilines is 1. The maximum Gasteiger partial charge on any atom is 0.305 e. The minimum absolute atomic E-state index is 0.133. The molecule has 0 radical (unpaired) electrons. The predicted octanol–water partition coefficient (Wildman–Crippen LogP) is 3.75. The molecule has 8 heteroatoms. The quantitative estimate of drug-likeness (QED) is 0.270. The summed E-state index contributed by atoms with van der Waals surface area (Å²) < 4.78 is 5.11. The highest BCUT2D eigenvalue weighted by Crippen LogP contribution is 2.44. The zero-order chi connectivity index (χ0) is 21.0. The van der Waals surface area contributed by atoms with Crippen LogP contribution in [0.25, 0.3) is 5.57 Å². The Morgan fingerprint density at radius 1 is 1.07 bits per heavy atom. The zero-order valence-electron chi connectivity index (χ0n) is 16.6. The molecule has 2 aliphatic heterocycles. The van der Waals surface area contributed by atoms with Gasteiger partial charge in [0, 0.05) is 25.1 Å². The summed E-state index contributed by atoms with van der Waals surface area (Å²) >= 11 is 6.63. The number of benzene rings is 1. The van der Waals surface area contributed by atoms with Crippen LogP contribution in [0.15, 0.2) is 29.2 Å². The molecule has 1 saturated heterocycles. The van der Waals surface area contributed by atoms with Gasteiger partial charge >= 0.3 is 5.97 Å². The summed E-state index contributed by atoms with van der Waals surface area (Å²) in [7, 11) is 1.38. The van der Waals surface area contributed by atoms with Crippen LogP contribution in [0.3, 0.4) is 0 Å². The first-order chi connectivity index (χ1) is 14.0. The van der Waals surface area contributed by atoms with E-state index in [1.807, 2.05) is 31.2 Å². The summed E-state index contributed by atoms with van der Waals surface area (Å²) in [4.78, 5) is 41.0. The average molecular weight is 433 g/mol. The molecule has 0 atom stereocenters. The van der Waals surface area contributed by atoms with Crippen LogP contribution in [0.5, 0.6) is 0 Å². The molecule has 0 spiro atoms. The molecule has 2 amide bonds. The van der Waals surface area contributed by atoms with Crippen LogP contribution in [0.1, 0.15) is 44.6 Å². The van der Waals surface area contributed by atoms with Gasteiger partial charge in [0.2, 0.25) is 0 Å². The van der Waals surface area contributed by atoms with Crippen LogP contribution in [0.2, 0.25) is 0 Å². The van der Waals surface area contributed by atoms with Crippen molar-refractivity contribution in [2.45, 2.75) is 39.0 Å². The number of para-hydroxylation sites is 1. The second kappa shape index (κ2) is 9.54. The summed E-state index contributed by atoms with van der Waals surface area (Å²) in [6, 6.07) is 7.58. The lowest BCUT2D eigenvalue weighted by atomic mass is 10.1. The molecule has 0 aliphatic carbocycles. The molecule has 1 aromatic carbocycles. The fraction of sp³-hybridized carbons (Fsp3) is 0.429. The van der Waals surface area contributed by atoms with Crippen molar-refractivity contribution in [1.29, 1.82) is 0 Å². The van der Waals surface area contributed by atoms with Crippen molar-refractivity contribution in [2.75, 3.05) is 25.1 Å². The lowest BCUT2D eigenvalue weighted by Crippen LogP contribution is -2.30. The van der Waals surface area contributed by atoms with Crippen molar-refractivity contribution in [3.63, 3.8) is 0 Å². The third-order valence-electron chi connectivity index (χ3n) is 4.94. The molecule has 0 saturated carbocycles. The summed E-state index contributed by atoms with van der Waals surface area (Å²) in [6.07, 6.45) is 3.44. The first kappa shape index (κ1) is 21.5. The molecule has 6 nitrogen and oxygen atoms in total. The van der Waals surface area contributed by atoms with E-state index in [9.17, 15) is 14.4 Å². The van der Waals surface area contributed by atoms with Crippen molar-refractivity contribution in [3.05, 3.63) is 34.7 Å². The van der Waals surface area contributed by atoms with Crippen LogP contribution >= 0.6 is 24.0 Å². The number of nitrogens with zero attached hydrogens (tertiary/aromatic N) is 2. The predicted molar refractivity (Wildman–Crippen MR) is 118 cm³/mol. The number of esters is 1. The molecule has 0 unspecified atom stereocenters. The van der Waals surface area contributed by atoms with Gasteiger partial charge in [-0.2, -0.15) is 0 Å². The van der Waals surface area contributed by atoms with Gasteiger partial charge in [-0.15, -0.1) is 0 Å². The van der Waals surface area contributed by atoms with Gasteiger partial charge in [0.1, 0.15) is 4.32 Å². The Morgan fingerprint density at radius 2 is 1.83 bits per heavy atom. The Bertz CT molecular complexity index is 881. The first-order valence-electron chi connectivity index (χ1n) is 9.75. The van der Waals surface area contributed by atoms with Crippen molar-refractivity contribution in [3.8, 4) is 0 Å². The maximum absolute atomic E-state index is 13.1. The fourth-order valence-electron chi connectivity index (χ4n) is 3.51. The molecular formula is C21H24N2O4S2. The summed E-state index contributed by atoms with van der Waals surface area (Å²) in [6.45, 7) is 3.12. The molecule has 3 rings (SSSR count). The van der Waals surface area contributed by atoms with Crippen LogP contribution < -0.4 is 4.90 Å². The van der Waals surface area contributed by atoms with Crippen molar-refractivity contribution >= 4 is 57.3 Å². The number of fused-ring (bicyclic) bond motifs is 1. The molecule has 0 N–H and O–H groups in total. The molecule has 1 fully saturated rings. The molecule has 2 aliphatic rings. The number of thiocarbonyl (C=S) groups is 1. The number of unbranched alkanes of at least 4 members (excludes halogenated alkanes) is 2. The monoisotopic (exact) mass is 432 g/mol. The van der Waals surface area contributed by atoms with E-state index in [1.54, 1.807) is 9.80 Å². The van der Waals surface area contributed by atoms with Crippen LogP contribution in [-0.4, -0.2) is 47.2 Å². The number of hydrogen-bond acceptors (Lipinski definition) is 6. The second-order valence-electron chi connectivity index (χ2n) is 6.89. The largest absolute Gasteiger partial charge is 0.469 e. The van der Waals surface area contributed by atoms with Crippen molar-refractivity contribution in [1.82, 2.24) is 4.90 Å². The lowest BCUT2D eigenvalue weighted by Gasteiger charge is -2.15. The van der Waals surface area contributed by atoms with Gasteiger partial charge in [0.15, 0.2) is 0 Å². The minimum atomic E-state index is -0.226. The highest BCUT2D eigenvalue weighted by molar-refractivity contribution is 8.26. The van der Waals surface area contributed by atoms with E-state index in [1.165, 1.54) is 18.9 Å². The van der Waals surface area contributed by atoms with E-state index in [-0.39, 0.29) is 17.8 Å². The van der Waals surface area contributed by atoms with Gasteiger partial charge in [-0.05, 0) is 25.3 Å². The number of thioether (sulfide) groups is 1. The Labute approximate surface area is 180 Å². The molecule has 0 bridgehead atoms. The summed E-state index contributed by atoms with van der Waals surface area (Å²) in [5, 5.41) is 0. The number of ether oxygens (including phenoxy) is 1. The van der Waals surface area contributed by atoms with E-state index in [0.29, 0.717) is 40.7 Å². The van der Waals surface area contributed by atoms with Crippen molar-refractivity contribution < 1.29 is 19.1 Å². The van der Waals surface area contributed by atoms with Crippen molar-refractivity contribution in [2.24, 2.45) is 0 Å². The van der Waals surface area contributed by atoms with E-state index in [2.05, 4.69) is 4.74 Å². The van der Waals surface area contributed by atoms with Gasteiger partial charge in [0.25, 0.3) is 11.8 Å². The number of hydrogen-bond donors (Lipinski definition) is 0. The molecule has 1 aromatic rings. The summed E-state index contributed by atoms with van der Waals surface area (Å²) in [5.41, 5.74) is 2.10. The van der Waals surface area contributed by atoms with Crippen LogP contribution in [0, 0.1) is 0 Å². The highest BCUT2D eigenvalue weighted by Gasteiger charge is 2.41. The Morgan fingerprint density at radius 3 is 2.55 bits per heavy atom. The summed E-state index contributed by atoms with van der Waals surface area (Å²) in [5.74, 6) is -0.563. The molecule has 0 aromatic heterocycles. The fourth-order valence-corrected chi connectivity index (χ4v) is 4.89. The maximum atomic E-state index is 13.1. The lowest BCUT2D eigenvalue weighted by molar-refractivity contribution is -0.140. The van der Waals surface area contributed by atoms with E-state index < -0.39 is 0 Å². The Balaban J connectivity index is 1.75. The van der Waals surface area contributed by atoms with E-state index in [0.717, 1.165) is 30.5 Å². The number of carbonyl (C=O) groups excluding carboxylic acids is 3. The third kappa shape index (κ3) is 4.38. The van der Waals surface area contributed by atoms with E-state index >= 15 is 0 Å². The molecule has 2 heterocycles. The second-order valence-corrected chi connectivity index (χ2v) is 8.53. The first-order valence-corrected chi connectivity index (χ1v) is 11.0. The number of amides is 2. The Kier molecular flexibility index (Phi) is 7.08. The molecular weight excluding hydrogens is 408 g/mol. The average Bonchev–Trinajstić information content (AvgIpc) is 3.15. The highest BCUT2D eigenvalue weighted by atomic mass is 32.2. The topological polar surface area (TPSA) is 66.9 Å². The number of methoxy groups -OCH3 is 1. The van der Waals surface area contributed by atoms with Crippen LogP contribution in [0.4, 0.5) is 5.69 Å². The Hall–Kier alpha value is -2.19. The number of carbonyl (C=O) groups is 3. The minimum Gasteiger partial charge on any atom is -0.469 e. The molecule has 29 heavy (non-hydrogen) atoms. The van der Waals surface area contributed by atoms with Gasteiger partial charge in [-0.25, -0.2) is 0 Å². The SMILES string of the molecule is CCCN1C(=O)/C(=C2\SC(=S)N(CCCCCC(=O)OC)C2=O)c2ccccc21. The van der Waals surface area contributed by atoms with Gasteiger partial charge in [0.05, 0.1) is 23.3 Å². The normalized spacial score (nSPS) is 18.6. The third-order valence-corrected chi connectivity index (χ3v) is 6.39. The molecule has 154 valence electrons. The van der Waals surface area contributed by atoms with Gasteiger partial charge < -0.3 is 9.64 Å².